The van der Waals surface area contributed by atoms with Crippen molar-refractivity contribution in [3.63, 3.8) is 0 Å². The maximum atomic E-state index is 6.20. The lowest BCUT2D eigenvalue weighted by atomic mass is 10.2. The van der Waals surface area contributed by atoms with Gasteiger partial charge in [0.2, 0.25) is 5.95 Å². The van der Waals surface area contributed by atoms with Crippen LogP contribution in [0.25, 0.3) is 11.3 Å². The topological polar surface area (TPSA) is 62.7 Å². The maximum Gasteiger partial charge on any atom is 0.224 e. The van der Waals surface area contributed by atoms with Crippen LogP contribution in [0.5, 0.6) is 0 Å². The number of hydrogen-bond acceptors (Lipinski definition) is 5. The summed E-state index contributed by atoms with van der Waals surface area (Å²) < 4.78 is 0. The molecule has 3 aromatic rings. The second-order valence-electron chi connectivity index (χ2n) is 4.70. The van der Waals surface area contributed by atoms with Crippen molar-refractivity contribution in [3.05, 3.63) is 58.8 Å². The van der Waals surface area contributed by atoms with Crippen molar-refractivity contribution in [3.8, 4) is 11.3 Å². The molecule has 23 heavy (non-hydrogen) atoms. The van der Waals surface area contributed by atoms with Crippen molar-refractivity contribution >= 4 is 40.7 Å². The van der Waals surface area contributed by atoms with Crippen LogP contribution in [0.1, 0.15) is 0 Å². The molecule has 0 saturated carbocycles. The molecule has 0 aliphatic carbocycles. The Hall–Kier alpha value is -2.37. The Morgan fingerprint density at radius 1 is 0.957 bits per heavy atom. The summed E-state index contributed by atoms with van der Waals surface area (Å²) in [6.07, 6.45) is 3.44. The molecule has 2 aromatic heterocycles. The highest BCUT2D eigenvalue weighted by Crippen LogP contribution is 2.29. The van der Waals surface area contributed by atoms with E-state index in [0.29, 0.717) is 21.8 Å². The molecule has 0 spiro atoms. The Labute approximate surface area is 143 Å². The van der Waals surface area contributed by atoms with Gasteiger partial charge >= 0.3 is 0 Å². The predicted octanol–water partition coefficient (Wildman–Crippen LogP) is 4.63. The lowest BCUT2D eigenvalue weighted by Gasteiger charge is -2.11. The molecular formula is C16H13Cl2N5. The summed E-state index contributed by atoms with van der Waals surface area (Å²) in [6.45, 7) is 0. The molecule has 7 heteroatoms. The molecule has 2 N–H and O–H groups in total. The highest BCUT2D eigenvalue weighted by Gasteiger charge is 2.08. The molecule has 0 atom stereocenters. The first-order chi connectivity index (χ1) is 11.2. The second kappa shape index (κ2) is 6.81. The average Bonchev–Trinajstić information content (AvgIpc) is 2.58. The maximum absolute atomic E-state index is 6.20. The summed E-state index contributed by atoms with van der Waals surface area (Å²) in [5.41, 5.74) is 2.45. The van der Waals surface area contributed by atoms with Gasteiger partial charge in [0.25, 0.3) is 0 Å². The van der Waals surface area contributed by atoms with Crippen LogP contribution in [-0.4, -0.2) is 22.0 Å². The smallest absolute Gasteiger partial charge is 0.224 e. The first-order valence-corrected chi connectivity index (χ1v) is 7.60. The number of halogens is 2. The summed E-state index contributed by atoms with van der Waals surface area (Å²) in [5, 5.41) is 7.24. The summed E-state index contributed by atoms with van der Waals surface area (Å²) in [4.78, 5) is 12.9. The zero-order valence-corrected chi connectivity index (χ0v) is 13.7. The fourth-order valence-electron chi connectivity index (χ4n) is 2.02. The quantitative estimate of drug-likeness (QED) is 0.721. The van der Waals surface area contributed by atoms with E-state index >= 15 is 0 Å². The van der Waals surface area contributed by atoms with E-state index in [-0.39, 0.29) is 0 Å². The minimum atomic E-state index is 0.506. The minimum Gasteiger partial charge on any atom is -0.357 e. The van der Waals surface area contributed by atoms with Crippen LogP contribution in [0.2, 0.25) is 10.0 Å². The Bertz CT molecular complexity index is 824. The molecule has 116 valence electrons. The van der Waals surface area contributed by atoms with Gasteiger partial charge in [-0.3, -0.25) is 4.98 Å². The largest absolute Gasteiger partial charge is 0.357 e. The van der Waals surface area contributed by atoms with E-state index in [9.17, 15) is 0 Å². The third-order valence-corrected chi connectivity index (χ3v) is 3.67. The molecule has 0 radical (unpaired) electrons. The monoisotopic (exact) mass is 345 g/mol. The molecule has 0 amide bonds. The van der Waals surface area contributed by atoms with E-state index < -0.39 is 0 Å². The summed E-state index contributed by atoms with van der Waals surface area (Å²) >= 11 is 12.1. The Morgan fingerprint density at radius 3 is 2.43 bits per heavy atom. The van der Waals surface area contributed by atoms with Crippen LogP contribution in [0.4, 0.5) is 17.5 Å². The number of nitrogens with zero attached hydrogens (tertiary/aromatic N) is 3. The van der Waals surface area contributed by atoms with Crippen LogP contribution in [0, 0.1) is 0 Å². The van der Waals surface area contributed by atoms with Crippen molar-refractivity contribution < 1.29 is 0 Å². The number of benzene rings is 1. The van der Waals surface area contributed by atoms with Crippen LogP contribution < -0.4 is 10.6 Å². The van der Waals surface area contributed by atoms with Gasteiger partial charge in [0.15, 0.2) is 0 Å². The number of anilines is 3. The van der Waals surface area contributed by atoms with Gasteiger partial charge in [-0.15, -0.1) is 0 Å². The highest BCUT2D eigenvalue weighted by molar-refractivity contribution is 6.36. The zero-order chi connectivity index (χ0) is 16.2. The van der Waals surface area contributed by atoms with Crippen molar-refractivity contribution in [2.75, 3.05) is 17.7 Å². The van der Waals surface area contributed by atoms with Crippen LogP contribution in [0.15, 0.2) is 48.8 Å². The molecule has 5 nitrogen and oxygen atoms in total. The molecule has 0 aliphatic rings. The first kappa shape index (κ1) is 15.5. The molecule has 1 aromatic carbocycles. The van der Waals surface area contributed by atoms with Gasteiger partial charge in [-0.1, -0.05) is 23.2 Å². The second-order valence-corrected chi connectivity index (χ2v) is 5.54. The van der Waals surface area contributed by atoms with E-state index in [1.165, 1.54) is 0 Å². The lowest BCUT2D eigenvalue weighted by molar-refractivity contribution is 1.15. The molecule has 0 fully saturated rings. The predicted molar refractivity (Wildman–Crippen MR) is 94.6 cm³/mol. The number of nitrogens with one attached hydrogen (secondary N) is 2. The summed E-state index contributed by atoms with van der Waals surface area (Å²) in [5.74, 6) is 1.13. The molecule has 0 saturated heterocycles. The molecule has 0 bridgehead atoms. The lowest BCUT2D eigenvalue weighted by Crippen LogP contribution is -2.02. The average molecular weight is 346 g/mol. The number of aromatic nitrogens is 3. The summed E-state index contributed by atoms with van der Waals surface area (Å²) in [6, 6.07) is 10.9. The van der Waals surface area contributed by atoms with Gasteiger partial charge in [-0.25, -0.2) is 4.98 Å². The van der Waals surface area contributed by atoms with Gasteiger partial charge in [0.1, 0.15) is 5.82 Å². The van der Waals surface area contributed by atoms with E-state index in [4.69, 9.17) is 23.2 Å². The fourth-order valence-corrected chi connectivity index (χ4v) is 2.48. The van der Waals surface area contributed by atoms with Gasteiger partial charge in [-0.05, 0) is 30.3 Å². The Morgan fingerprint density at radius 2 is 1.74 bits per heavy atom. The van der Waals surface area contributed by atoms with Crippen LogP contribution in [-0.2, 0) is 0 Å². The Balaban J connectivity index is 1.99. The minimum absolute atomic E-state index is 0.506. The molecular weight excluding hydrogens is 333 g/mol. The van der Waals surface area contributed by atoms with E-state index in [1.807, 2.05) is 18.2 Å². The molecule has 2 heterocycles. The van der Waals surface area contributed by atoms with Crippen LogP contribution >= 0.6 is 23.2 Å². The number of hydrogen-bond donors (Lipinski definition) is 2. The van der Waals surface area contributed by atoms with Crippen molar-refractivity contribution in [1.82, 2.24) is 15.0 Å². The highest BCUT2D eigenvalue weighted by atomic mass is 35.5. The van der Waals surface area contributed by atoms with Gasteiger partial charge < -0.3 is 10.6 Å². The fraction of sp³-hybridized carbons (Fsp3) is 0.0625. The molecule has 0 aliphatic heterocycles. The zero-order valence-electron chi connectivity index (χ0n) is 12.2. The summed E-state index contributed by atoms with van der Waals surface area (Å²) in [7, 11) is 1.77. The van der Waals surface area contributed by atoms with Crippen LogP contribution in [0.3, 0.4) is 0 Å². The van der Waals surface area contributed by atoms with E-state index in [0.717, 1.165) is 16.9 Å². The normalized spacial score (nSPS) is 10.4. The third-order valence-electron chi connectivity index (χ3n) is 3.12. The number of pyridine rings is 1. The standard InChI is InChI=1S/C16H13Cl2N5/c1-19-16-22-14(10-4-6-20-7-5-10)9-15(23-16)21-13-3-2-11(17)8-12(13)18/h2-9H,1H3,(H2,19,21,22,23). The third kappa shape index (κ3) is 3.70. The van der Waals surface area contributed by atoms with Crippen molar-refractivity contribution in [2.24, 2.45) is 0 Å². The van der Waals surface area contributed by atoms with Crippen molar-refractivity contribution in [1.29, 1.82) is 0 Å². The van der Waals surface area contributed by atoms with Gasteiger partial charge in [0.05, 0.1) is 16.4 Å². The molecule has 3 rings (SSSR count). The number of rotatable bonds is 4. The van der Waals surface area contributed by atoms with Crippen molar-refractivity contribution in [2.45, 2.75) is 0 Å². The van der Waals surface area contributed by atoms with E-state index in [1.54, 1.807) is 37.6 Å². The Kier molecular flexibility index (Phi) is 4.60. The SMILES string of the molecule is CNc1nc(Nc2ccc(Cl)cc2Cl)cc(-c2ccncc2)n1. The van der Waals surface area contributed by atoms with E-state index in [2.05, 4.69) is 25.6 Å². The molecule has 0 unspecified atom stereocenters. The first-order valence-electron chi connectivity index (χ1n) is 6.85. The van der Waals surface area contributed by atoms with Gasteiger partial charge in [0, 0.05) is 36.1 Å². The van der Waals surface area contributed by atoms with Gasteiger partial charge in [-0.2, -0.15) is 4.98 Å².